The Bertz CT molecular complexity index is 456. The standard InChI is InChI=1S/C8H8N2OS.CH3NO/c1-9-8-10-6-3-2-5(11)4-7(6)12-8;2-1-3/h2-4,11H,1H3,(H,9,10);1H,(H2,2,3). The predicted molar refractivity (Wildman–Crippen MR) is 61.1 cm³/mol. The van der Waals surface area contributed by atoms with Crippen molar-refractivity contribution in [2.24, 2.45) is 5.73 Å². The summed E-state index contributed by atoms with van der Waals surface area (Å²) in [6.07, 6.45) is 0.250. The van der Waals surface area contributed by atoms with E-state index in [0.29, 0.717) is 0 Å². The molecule has 0 radical (unpaired) electrons. The molecule has 0 fully saturated rings. The number of aromatic hydroxyl groups is 1. The molecule has 1 amide bonds. The van der Waals surface area contributed by atoms with Gasteiger partial charge in [-0.2, -0.15) is 0 Å². The zero-order chi connectivity index (χ0) is 11.3. The van der Waals surface area contributed by atoms with Crippen molar-refractivity contribution >= 4 is 33.1 Å². The number of amides is 1. The third-order valence-electron chi connectivity index (χ3n) is 1.59. The second kappa shape index (κ2) is 5.16. The number of benzene rings is 1. The van der Waals surface area contributed by atoms with Crippen LogP contribution in [0.1, 0.15) is 0 Å². The number of phenols is 1. The first-order valence-corrected chi connectivity index (χ1v) is 4.95. The minimum atomic E-state index is 0.250. The lowest BCUT2D eigenvalue weighted by molar-refractivity contribution is -0.106. The maximum Gasteiger partial charge on any atom is 0.204 e. The number of aromatic nitrogens is 1. The first-order chi connectivity index (χ1) is 7.21. The lowest BCUT2D eigenvalue weighted by atomic mass is 10.3. The van der Waals surface area contributed by atoms with E-state index in [0.717, 1.165) is 15.3 Å². The maximum absolute atomic E-state index is 9.17. The molecule has 0 saturated heterocycles. The molecule has 1 heterocycles. The first kappa shape index (κ1) is 11.3. The van der Waals surface area contributed by atoms with E-state index in [4.69, 9.17) is 4.79 Å². The Labute approximate surface area is 90.6 Å². The van der Waals surface area contributed by atoms with Gasteiger partial charge in [0.2, 0.25) is 6.41 Å². The molecule has 0 aliphatic carbocycles. The number of fused-ring (bicyclic) bond motifs is 1. The van der Waals surface area contributed by atoms with E-state index in [1.165, 1.54) is 11.3 Å². The molecule has 1 aromatic heterocycles. The van der Waals surface area contributed by atoms with Crippen LogP contribution in [0, 0.1) is 0 Å². The summed E-state index contributed by atoms with van der Waals surface area (Å²) in [5.41, 5.74) is 5.09. The number of thiazole rings is 1. The van der Waals surface area contributed by atoms with Crippen molar-refractivity contribution in [1.82, 2.24) is 4.98 Å². The summed E-state index contributed by atoms with van der Waals surface area (Å²) in [6, 6.07) is 5.16. The van der Waals surface area contributed by atoms with Crippen LogP contribution in [0.2, 0.25) is 0 Å². The highest BCUT2D eigenvalue weighted by molar-refractivity contribution is 7.22. The van der Waals surface area contributed by atoms with Gasteiger partial charge in [-0.25, -0.2) is 4.98 Å². The number of rotatable bonds is 1. The zero-order valence-electron chi connectivity index (χ0n) is 8.10. The Hall–Kier alpha value is -1.82. The highest BCUT2D eigenvalue weighted by atomic mass is 32.1. The minimum absolute atomic E-state index is 0.250. The van der Waals surface area contributed by atoms with Crippen LogP contribution < -0.4 is 11.1 Å². The monoisotopic (exact) mass is 225 g/mol. The van der Waals surface area contributed by atoms with Gasteiger partial charge in [-0.05, 0) is 18.2 Å². The normalized spacial score (nSPS) is 9.13. The fourth-order valence-electron chi connectivity index (χ4n) is 1.02. The van der Waals surface area contributed by atoms with Crippen molar-refractivity contribution in [3.05, 3.63) is 18.2 Å². The topological polar surface area (TPSA) is 88.2 Å². The lowest BCUT2D eigenvalue weighted by Crippen LogP contribution is -1.83. The van der Waals surface area contributed by atoms with Gasteiger partial charge in [-0.1, -0.05) is 11.3 Å². The number of nitrogens with zero attached hydrogens (tertiary/aromatic N) is 1. The molecule has 2 rings (SSSR count). The van der Waals surface area contributed by atoms with Gasteiger partial charge in [0.1, 0.15) is 5.75 Å². The Morgan fingerprint density at radius 1 is 1.60 bits per heavy atom. The fraction of sp³-hybridized carbons (Fsp3) is 0.111. The van der Waals surface area contributed by atoms with Crippen molar-refractivity contribution in [3.63, 3.8) is 0 Å². The van der Waals surface area contributed by atoms with Crippen LogP contribution in [-0.4, -0.2) is 23.5 Å². The molecule has 0 spiro atoms. The number of hydrogen-bond acceptors (Lipinski definition) is 5. The number of carbonyl (C=O) groups is 1. The molecular formula is C9H11N3O2S. The molecule has 0 bridgehead atoms. The molecule has 5 nitrogen and oxygen atoms in total. The SMILES string of the molecule is CNc1nc2ccc(O)cc2s1.NC=O. The van der Waals surface area contributed by atoms with Gasteiger partial charge >= 0.3 is 0 Å². The van der Waals surface area contributed by atoms with Gasteiger partial charge in [0.05, 0.1) is 10.2 Å². The van der Waals surface area contributed by atoms with Crippen LogP contribution in [0.3, 0.4) is 0 Å². The van der Waals surface area contributed by atoms with Crippen LogP contribution in [0.25, 0.3) is 10.2 Å². The summed E-state index contributed by atoms with van der Waals surface area (Å²) in [7, 11) is 1.83. The van der Waals surface area contributed by atoms with Gasteiger partial charge in [0, 0.05) is 7.05 Å². The Morgan fingerprint density at radius 3 is 2.87 bits per heavy atom. The van der Waals surface area contributed by atoms with E-state index in [1.807, 2.05) is 13.1 Å². The Kier molecular flexibility index (Phi) is 3.87. The minimum Gasteiger partial charge on any atom is -0.508 e. The summed E-state index contributed by atoms with van der Waals surface area (Å²) in [4.78, 5) is 12.9. The number of phenolic OH excluding ortho intramolecular Hbond substituents is 1. The highest BCUT2D eigenvalue weighted by Gasteiger charge is 2.01. The van der Waals surface area contributed by atoms with Gasteiger partial charge in [-0.15, -0.1) is 0 Å². The summed E-state index contributed by atoms with van der Waals surface area (Å²) in [6.45, 7) is 0. The molecule has 0 saturated carbocycles. The van der Waals surface area contributed by atoms with Crippen molar-refractivity contribution in [1.29, 1.82) is 0 Å². The average molecular weight is 225 g/mol. The van der Waals surface area contributed by atoms with E-state index in [1.54, 1.807) is 12.1 Å². The van der Waals surface area contributed by atoms with E-state index in [9.17, 15) is 5.11 Å². The van der Waals surface area contributed by atoms with Gasteiger partial charge in [0.25, 0.3) is 0 Å². The average Bonchev–Trinajstić information content (AvgIpc) is 2.61. The highest BCUT2D eigenvalue weighted by Crippen LogP contribution is 2.28. The number of nitrogens with two attached hydrogens (primary N) is 1. The quantitative estimate of drug-likeness (QED) is 0.635. The molecule has 15 heavy (non-hydrogen) atoms. The van der Waals surface area contributed by atoms with Gasteiger partial charge < -0.3 is 16.2 Å². The molecule has 0 unspecified atom stereocenters. The molecular weight excluding hydrogens is 214 g/mol. The predicted octanol–water partition coefficient (Wildman–Crippen LogP) is 1.15. The number of carbonyl (C=O) groups excluding carboxylic acids is 1. The van der Waals surface area contributed by atoms with Crippen LogP contribution in [0.5, 0.6) is 5.75 Å². The third-order valence-corrected chi connectivity index (χ3v) is 2.62. The molecule has 0 atom stereocenters. The summed E-state index contributed by atoms with van der Waals surface area (Å²) < 4.78 is 0.999. The lowest BCUT2D eigenvalue weighted by Gasteiger charge is -1.87. The summed E-state index contributed by atoms with van der Waals surface area (Å²) in [5.74, 6) is 0.286. The summed E-state index contributed by atoms with van der Waals surface area (Å²) >= 11 is 1.53. The van der Waals surface area contributed by atoms with Crippen LogP contribution >= 0.6 is 11.3 Å². The van der Waals surface area contributed by atoms with Gasteiger partial charge in [0.15, 0.2) is 5.13 Å². The van der Waals surface area contributed by atoms with E-state index >= 15 is 0 Å². The van der Waals surface area contributed by atoms with Crippen LogP contribution in [-0.2, 0) is 4.79 Å². The van der Waals surface area contributed by atoms with Crippen LogP contribution in [0.15, 0.2) is 18.2 Å². The van der Waals surface area contributed by atoms with E-state index < -0.39 is 0 Å². The molecule has 1 aromatic carbocycles. The Balaban J connectivity index is 0.000000337. The molecule has 80 valence electrons. The molecule has 0 aliphatic heterocycles. The molecule has 2 aromatic rings. The second-order valence-electron chi connectivity index (χ2n) is 2.56. The number of hydrogen-bond donors (Lipinski definition) is 3. The third kappa shape index (κ3) is 2.81. The molecule has 4 N–H and O–H groups in total. The van der Waals surface area contributed by atoms with Crippen molar-refractivity contribution in [2.45, 2.75) is 0 Å². The van der Waals surface area contributed by atoms with E-state index in [2.05, 4.69) is 16.0 Å². The van der Waals surface area contributed by atoms with Crippen molar-refractivity contribution < 1.29 is 9.90 Å². The van der Waals surface area contributed by atoms with E-state index in [-0.39, 0.29) is 12.2 Å². The maximum atomic E-state index is 9.17. The summed E-state index contributed by atoms with van der Waals surface area (Å²) in [5, 5.41) is 13.0. The smallest absolute Gasteiger partial charge is 0.204 e. The van der Waals surface area contributed by atoms with Crippen LogP contribution in [0.4, 0.5) is 5.13 Å². The first-order valence-electron chi connectivity index (χ1n) is 4.14. The molecule has 0 aliphatic rings. The largest absolute Gasteiger partial charge is 0.508 e. The fourth-order valence-corrected chi connectivity index (χ4v) is 1.87. The van der Waals surface area contributed by atoms with Gasteiger partial charge in [-0.3, -0.25) is 4.79 Å². The number of anilines is 1. The Morgan fingerprint density at radius 2 is 2.27 bits per heavy atom. The van der Waals surface area contributed by atoms with Crippen molar-refractivity contribution in [2.75, 3.05) is 12.4 Å². The molecule has 6 heteroatoms. The number of nitrogens with one attached hydrogen (secondary N) is 1. The van der Waals surface area contributed by atoms with Crippen molar-refractivity contribution in [3.8, 4) is 5.75 Å². The zero-order valence-corrected chi connectivity index (χ0v) is 8.91. The number of primary amides is 1. The second-order valence-corrected chi connectivity index (χ2v) is 3.59.